The van der Waals surface area contributed by atoms with Crippen LogP contribution in [0.4, 0.5) is 5.69 Å². The Morgan fingerprint density at radius 2 is 1.96 bits per heavy atom. The molecule has 1 heterocycles. The fraction of sp³-hybridized carbons (Fsp3) is 0.312. The number of hydrogen-bond acceptors (Lipinski definition) is 5. The first-order chi connectivity index (χ1) is 11.9. The van der Waals surface area contributed by atoms with Crippen LogP contribution in [0, 0.1) is 6.92 Å². The van der Waals surface area contributed by atoms with E-state index in [-0.39, 0.29) is 22.8 Å². The Labute approximate surface area is 146 Å². The van der Waals surface area contributed by atoms with Crippen LogP contribution in [0.3, 0.4) is 0 Å². The summed E-state index contributed by atoms with van der Waals surface area (Å²) in [4.78, 5) is 28.3. The Morgan fingerprint density at radius 3 is 2.56 bits per heavy atom. The first-order valence-electron chi connectivity index (χ1n) is 7.76. The minimum Gasteiger partial charge on any atom is -0.349 e. The van der Waals surface area contributed by atoms with Gasteiger partial charge in [-0.1, -0.05) is 6.07 Å². The van der Waals surface area contributed by atoms with Gasteiger partial charge in [-0.15, -0.1) is 0 Å². The van der Waals surface area contributed by atoms with Crippen molar-refractivity contribution in [2.24, 2.45) is 7.05 Å². The highest BCUT2D eigenvalue weighted by Gasteiger charge is 2.24. The van der Waals surface area contributed by atoms with Crippen LogP contribution < -0.4 is 10.6 Å². The number of hydrogen-bond donors (Lipinski definition) is 3. The van der Waals surface area contributed by atoms with Gasteiger partial charge in [0.25, 0.3) is 11.8 Å². The maximum Gasteiger partial charge on any atom is 0.273 e. The van der Waals surface area contributed by atoms with Gasteiger partial charge in [-0.25, -0.2) is 13.4 Å². The zero-order chi connectivity index (χ0) is 18.1. The second kappa shape index (κ2) is 6.67. The van der Waals surface area contributed by atoms with Crippen molar-refractivity contribution < 1.29 is 18.0 Å². The molecule has 1 aromatic carbocycles. The number of carbonyl (C=O) groups excluding carboxylic acids is 2. The normalized spacial score (nSPS) is 13.7. The van der Waals surface area contributed by atoms with Gasteiger partial charge in [-0.3, -0.25) is 9.59 Å². The monoisotopic (exact) mass is 362 g/mol. The quantitative estimate of drug-likeness (QED) is 0.683. The molecule has 9 heteroatoms. The van der Waals surface area contributed by atoms with Gasteiger partial charge in [0.2, 0.25) is 15.9 Å². The second-order valence-electron chi connectivity index (χ2n) is 5.99. The SMILES string of the molecule is Cc1ccc(C(=O)NC2CC2)cc1NC(=O)c1cnc([SH](=O)=O)n1C. The van der Waals surface area contributed by atoms with E-state index in [2.05, 4.69) is 15.6 Å². The van der Waals surface area contributed by atoms with Gasteiger partial charge < -0.3 is 15.2 Å². The van der Waals surface area contributed by atoms with E-state index in [4.69, 9.17) is 0 Å². The number of thiol groups is 1. The van der Waals surface area contributed by atoms with Crippen molar-refractivity contribution in [3.63, 3.8) is 0 Å². The summed E-state index contributed by atoms with van der Waals surface area (Å²) in [6.07, 6.45) is 3.19. The van der Waals surface area contributed by atoms with E-state index in [1.807, 2.05) is 0 Å². The molecule has 1 fully saturated rings. The van der Waals surface area contributed by atoms with Gasteiger partial charge in [0.05, 0.1) is 6.20 Å². The molecule has 132 valence electrons. The molecule has 0 bridgehead atoms. The van der Waals surface area contributed by atoms with Gasteiger partial charge in [-0.05, 0) is 37.5 Å². The molecule has 2 N–H and O–H groups in total. The maximum atomic E-state index is 12.4. The minimum absolute atomic E-state index is 0.112. The average Bonchev–Trinajstić information content (AvgIpc) is 3.28. The van der Waals surface area contributed by atoms with Crippen molar-refractivity contribution in [1.82, 2.24) is 14.9 Å². The molecule has 1 aliphatic carbocycles. The highest BCUT2D eigenvalue weighted by atomic mass is 32.2. The second-order valence-corrected chi connectivity index (χ2v) is 6.91. The van der Waals surface area contributed by atoms with Crippen LogP contribution in [0.1, 0.15) is 39.3 Å². The van der Waals surface area contributed by atoms with Crippen LogP contribution in [0.2, 0.25) is 0 Å². The Bertz CT molecular complexity index is 920. The van der Waals surface area contributed by atoms with E-state index in [1.54, 1.807) is 25.1 Å². The average molecular weight is 362 g/mol. The molecule has 25 heavy (non-hydrogen) atoms. The van der Waals surface area contributed by atoms with Gasteiger partial charge in [0.1, 0.15) is 5.69 Å². The topological polar surface area (TPSA) is 110 Å². The van der Waals surface area contributed by atoms with E-state index in [9.17, 15) is 18.0 Å². The Hall–Kier alpha value is -2.68. The predicted molar refractivity (Wildman–Crippen MR) is 91.4 cm³/mol. The lowest BCUT2D eigenvalue weighted by atomic mass is 10.1. The number of nitrogens with zero attached hydrogens (tertiary/aromatic N) is 2. The van der Waals surface area contributed by atoms with E-state index >= 15 is 0 Å². The van der Waals surface area contributed by atoms with Crippen molar-refractivity contribution in [3.8, 4) is 0 Å². The summed E-state index contributed by atoms with van der Waals surface area (Å²) >= 11 is 0. The van der Waals surface area contributed by atoms with Crippen LogP contribution in [0.5, 0.6) is 0 Å². The number of carbonyl (C=O) groups is 2. The number of anilines is 1. The summed E-state index contributed by atoms with van der Waals surface area (Å²) in [7, 11) is -1.43. The van der Waals surface area contributed by atoms with Crippen LogP contribution in [0.15, 0.2) is 29.6 Å². The molecule has 1 aromatic heterocycles. The number of nitrogens with one attached hydrogen (secondary N) is 2. The number of benzene rings is 1. The standard InChI is InChI=1S/C16H18N4O4S/c1-9-3-4-10(14(21)18-11-5-6-11)7-12(9)19-15(22)13-8-17-16(20(13)2)25(23)24/h3-4,7-8,11,25H,5-6H2,1-2H3,(H,18,21)(H,19,22). The summed E-state index contributed by atoms with van der Waals surface area (Å²) in [5.41, 5.74) is 1.85. The smallest absolute Gasteiger partial charge is 0.273 e. The van der Waals surface area contributed by atoms with E-state index in [1.165, 1.54) is 17.8 Å². The van der Waals surface area contributed by atoms with Crippen molar-refractivity contribution in [2.75, 3.05) is 5.32 Å². The highest BCUT2D eigenvalue weighted by Crippen LogP contribution is 2.22. The molecule has 1 saturated carbocycles. The first-order valence-corrected chi connectivity index (χ1v) is 8.93. The molecule has 0 radical (unpaired) electrons. The third-order valence-electron chi connectivity index (χ3n) is 4.02. The third-order valence-corrected chi connectivity index (χ3v) is 4.76. The summed E-state index contributed by atoms with van der Waals surface area (Å²) in [6, 6.07) is 5.30. The summed E-state index contributed by atoms with van der Waals surface area (Å²) in [5, 5.41) is 5.42. The maximum absolute atomic E-state index is 12.4. The third kappa shape index (κ3) is 3.71. The number of amides is 2. The van der Waals surface area contributed by atoms with Gasteiger partial charge in [0.15, 0.2) is 0 Å². The van der Waals surface area contributed by atoms with E-state index in [0.29, 0.717) is 11.3 Å². The number of imidazole rings is 1. The molecular formula is C16H18N4O4S. The van der Waals surface area contributed by atoms with Crippen molar-refractivity contribution in [3.05, 3.63) is 41.2 Å². The number of aromatic nitrogens is 2. The first kappa shape index (κ1) is 17.2. The van der Waals surface area contributed by atoms with Crippen molar-refractivity contribution in [1.29, 1.82) is 0 Å². The van der Waals surface area contributed by atoms with Gasteiger partial charge in [0, 0.05) is 24.3 Å². The Kier molecular flexibility index (Phi) is 4.58. The highest BCUT2D eigenvalue weighted by molar-refractivity contribution is 7.72. The predicted octanol–water partition coefficient (Wildman–Crippen LogP) is 0.843. The molecule has 0 atom stereocenters. The van der Waals surface area contributed by atoms with Crippen LogP contribution in [0.25, 0.3) is 0 Å². The lowest BCUT2D eigenvalue weighted by molar-refractivity contribution is 0.0949. The lowest BCUT2D eigenvalue weighted by Crippen LogP contribution is -2.25. The molecule has 3 rings (SSSR count). The molecule has 8 nitrogen and oxygen atoms in total. The molecule has 1 aliphatic rings. The van der Waals surface area contributed by atoms with Gasteiger partial charge in [-0.2, -0.15) is 0 Å². The van der Waals surface area contributed by atoms with Crippen LogP contribution in [-0.4, -0.2) is 35.8 Å². The number of rotatable bonds is 5. The summed E-state index contributed by atoms with van der Waals surface area (Å²) < 4.78 is 23.3. The molecule has 2 aromatic rings. The van der Waals surface area contributed by atoms with E-state index < -0.39 is 16.6 Å². The van der Waals surface area contributed by atoms with Crippen molar-refractivity contribution in [2.45, 2.75) is 31.0 Å². The lowest BCUT2D eigenvalue weighted by Gasteiger charge is -2.11. The largest absolute Gasteiger partial charge is 0.349 e. The molecule has 0 spiro atoms. The molecule has 0 aliphatic heterocycles. The Morgan fingerprint density at radius 1 is 1.24 bits per heavy atom. The number of aryl methyl sites for hydroxylation is 1. The van der Waals surface area contributed by atoms with Gasteiger partial charge >= 0.3 is 0 Å². The van der Waals surface area contributed by atoms with Crippen molar-refractivity contribution >= 4 is 28.2 Å². The minimum atomic E-state index is -2.88. The zero-order valence-corrected chi connectivity index (χ0v) is 14.7. The Balaban J connectivity index is 1.81. The fourth-order valence-electron chi connectivity index (χ4n) is 2.36. The summed E-state index contributed by atoms with van der Waals surface area (Å²) in [5.74, 6) is -0.676. The molecule has 2 amide bonds. The van der Waals surface area contributed by atoms with E-state index in [0.717, 1.165) is 18.4 Å². The molecule has 0 saturated heterocycles. The molecular weight excluding hydrogens is 344 g/mol. The zero-order valence-electron chi connectivity index (χ0n) is 13.8. The van der Waals surface area contributed by atoms with Crippen LogP contribution in [-0.2, 0) is 17.8 Å². The summed E-state index contributed by atoms with van der Waals surface area (Å²) in [6.45, 7) is 1.81. The van der Waals surface area contributed by atoms with Crippen LogP contribution >= 0.6 is 0 Å². The molecule has 0 unspecified atom stereocenters. The fourth-order valence-corrected chi connectivity index (χ4v) is 2.87.